The van der Waals surface area contributed by atoms with E-state index in [-0.39, 0.29) is 23.7 Å². The number of amides is 3. The van der Waals surface area contributed by atoms with E-state index in [1.54, 1.807) is 0 Å². The second kappa shape index (κ2) is 8.52. The summed E-state index contributed by atoms with van der Waals surface area (Å²) in [6, 6.07) is 7.90. The first-order valence-corrected chi connectivity index (χ1v) is 10.0. The number of carbonyl (C=O) groups excluding carboxylic acids is 4. The number of aromatic nitrogens is 1. The molecule has 2 aliphatic rings. The highest BCUT2D eigenvalue weighted by atomic mass is 16.5. The van der Waals surface area contributed by atoms with Crippen molar-refractivity contribution in [2.75, 3.05) is 19.7 Å². The number of likely N-dealkylation sites (tertiary alicyclic amines) is 1. The lowest BCUT2D eigenvalue weighted by molar-refractivity contribution is -0.154. The number of nitrogens with one attached hydrogen (secondary N) is 2. The van der Waals surface area contributed by atoms with Gasteiger partial charge in [-0.25, -0.2) is 0 Å². The molecule has 0 radical (unpaired) electrons. The monoisotopic (exact) mass is 409 g/mol. The van der Waals surface area contributed by atoms with Crippen molar-refractivity contribution >= 4 is 34.6 Å². The molecule has 8 heteroatoms. The molecule has 156 valence electrons. The topological polar surface area (TPSA) is 109 Å². The van der Waals surface area contributed by atoms with Crippen molar-refractivity contribution in [3.63, 3.8) is 0 Å². The number of rotatable bonds is 7. The molecule has 0 bridgehead atoms. The molecular weight excluding hydrogens is 386 g/mol. The Kier molecular flexibility index (Phi) is 5.65. The molecule has 2 heterocycles. The van der Waals surface area contributed by atoms with Crippen LogP contribution < -0.4 is 5.32 Å². The second-order valence-electron chi connectivity index (χ2n) is 7.54. The summed E-state index contributed by atoms with van der Waals surface area (Å²) < 4.78 is 4.95. The lowest BCUT2D eigenvalue weighted by Crippen LogP contribution is -2.38. The van der Waals surface area contributed by atoms with Gasteiger partial charge in [0.15, 0.2) is 6.61 Å². The minimum Gasteiger partial charge on any atom is -0.454 e. The van der Waals surface area contributed by atoms with Gasteiger partial charge < -0.3 is 15.0 Å². The van der Waals surface area contributed by atoms with Crippen LogP contribution in [0.2, 0.25) is 0 Å². The van der Waals surface area contributed by atoms with Crippen LogP contribution in [-0.4, -0.2) is 53.3 Å². The molecule has 1 fully saturated rings. The highest BCUT2D eigenvalue weighted by molar-refractivity contribution is 6.07. The van der Waals surface area contributed by atoms with Crippen LogP contribution in [0, 0.1) is 11.8 Å². The predicted octanol–water partition coefficient (Wildman–Crippen LogP) is 1.32. The van der Waals surface area contributed by atoms with E-state index < -0.39 is 25.0 Å². The molecule has 2 N–H and O–H groups in total. The van der Waals surface area contributed by atoms with Crippen LogP contribution in [-0.2, 0) is 30.3 Å². The summed E-state index contributed by atoms with van der Waals surface area (Å²) in [5, 5.41) is 3.81. The lowest BCUT2D eigenvalue weighted by atomic mass is 9.85. The van der Waals surface area contributed by atoms with Gasteiger partial charge in [0.1, 0.15) is 6.54 Å². The summed E-state index contributed by atoms with van der Waals surface area (Å²) in [4.78, 5) is 52.8. The summed E-state index contributed by atoms with van der Waals surface area (Å²) in [5.74, 6) is -2.65. The van der Waals surface area contributed by atoms with Crippen molar-refractivity contribution in [1.29, 1.82) is 0 Å². The van der Waals surface area contributed by atoms with Crippen molar-refractivity contribution in [1.82, 2.24) is 15.2 Å². The number of aromatic amines is 1. The number of imide groups is 1. The van der Waals surface area contributed by atoms with Gasteiger partial charge >= 0.3 is 5.97 Å². The number of ether oxygens (including phenoxy) is 1. The number of esters is 1. The SMILES string of the molecule is O=C(COC(=O)CN1C(=O)[C@@H]2CC=CC[C@H]2C1=O)NCCc1c[nH]c2ccccc12. The Hall–Kier alpha value is -3.42. The zero-order chi connectivity index (χ0) is 21.1. The number of hydrogen-bond donors (Lipinski definition) is 2. The van der Waals surface area contributed by atoms with Gasteiger partial charge in [0.2, 0.25) is 11.8 Å². The fourth-order valence-corrected chi connectivity index (χ4v) is 4.07. The van der Waals surface area contributed by atoms with Crippen molar-refractivity contribution in [2.24, 2.45) is 11.8 Å². The molecule has 0 saturated carbocycles. The number of allylic oxidation sites excluding steroid dienone is 2. The molecule has 30 heavy (non-hydrogen) atoms. The zero-order valence-electron chi connectivity index (χ0n) is 16.4. The minimum atomic E-state index is -0.768. The first kappa shape index (κ1) is 19.9. The third-order valence-electron chi connectivity index (χ3n) is 5.64. The van der Waals surface area contributed by atoms with Crippen LogP contribution >= 0.6 is 0 Å². The Morgan fingerprint density at radius 1 is 1.10 bits per heavy atom. The van der Waals surface area contributed by atoms with Gasteiger partial charge in [-0.05, 0) is 30.9 Å². The Balaban J connectivity index is 1.20. The Morgan fingerprint density at radius 2 is 1.80 bits per heavy atom. The van der Waals surface area contributed by atoms with Crippen molar-refractivity contribution in [3.8, 4) is 0 Å². The van der Waals surface area contributed by atoms with Crippen molar-refractivity contribution < 1.29 is 23.9 Å². The van der Waals surface area contributed by atoms with Crippen molar-refractivity contribution in [3.05, 3.63) is 48.2 Å². The maximum absolute atomic E-state index is 12.4. The average Bonchev–Trinajstić information content (AvgIpc) is 3.27. The smallest absolute Gasteiger partial charge is 0.326 e. The lowest BCUT2D eigenvalue weighted by Gasteiger charge is -2.14. The van der Waals surface area contributed by atoms with E-state index in [0.29, 0.717) is 25.8 Å². The summed E-state index contributed by atoms with van der Waals surface area (Å²) in [6.45, 7) is -0.498. The molecule has 0 unspecified atom stereocenters. The summed E-state index contributed by atoms with van der Waals surface area (Å²) in [5.41, 5.74) is 2.12. The van der Waals surface area contributed by atoms with Crippen LogP contribution in [0.25, 0.3) is 10.9 Å². The maximum atomic E-state index is 12.4. The second-order valence-corrected chi connectivity index (χ2v) is 7.54. The molecule has 0 spiro atoms. The normalized spacial score (nSPS) is 20.5. The van der Waals surface area contributed by atoms with Gasteiger partial charge in [0.05, 0.1) is 11.8 Å². The third kappa shape index (κ3) is 3.98. The van der Waals surface area contributed by atoms with Gasteiger partial charge in [-0.2, -0.15) is 0 Å². The maximum Gasteiger partial charge on any atom is 0.326 e. The molecular formula is C22H23N3O5. The number of para-hydroxylation sites is 1. The quantitative estimate of drug-likeness (QED) is 0.407. The van der Waals surface area contributed by atoms with Crippen LogP contribution in [0.1, 0.15) is 18.4 Å². The van der Waals surface area contributed by atoms with Gasteiger partial charge in [-0.3, -0.25) is 24.1 Å². The fraction of sp³-hybridized carbons (Fsp3) is 0.364. The van der Waals surface area contributed by atoms with E-state index in [1.807, 2.05) is 42.6 Å². The summed E-state index contributed by atoms with van der Waals surface area (Å²) >= 11 is 0. The van der Waals surface area contributed by atoms with E-state index in [2.05, 4.69) is 10.3 Å². The summed E-state index contributed by atoms with van der Waals surface area (Å²) in [6.07, 6.45) is 7.34. The standard InChI is InChI=1S/C22H23N3O5/c26-19(23-10-9-14-11-24-18-8-4-3-5-15(14)18)13-30-20(27)12-25-21(28)16-6-1-2-7-17(16)22(25)29/h1-5,8,11,16-17,24H,6-7,9-10,12-13H2,(H,23,26)/t16-,17-/m1/s1. The van der Waals surface area contributed by atoms with Crippen LogP contribution in [0.3, 0.4) is 0 Å². The number of H-pyrrole nitrogens is 1. The van der Waals surface area contributed by atoms with Gasteiger partial charge in [0.25, 0.3) is 5.91 Å². The Bertz CT molecular complexity index is 999. The number of fused-ring (bicyclic) bond motifs is 2. The van der Waals surface area contributed by atoms with Crippen LogP contribution in [0.4, 0.5) is 0 Å². The number of hydrogen-bond acceptors (Lipinski definition) is 5. The fourth-order valence-electron chi connectivity index (χ4n) is 4.07. The third-order valence-corrected chi connectivity index (χ3v) is 5.64. The largest absolute Gasteiger partial charge is 0.454 e. The Labute approximate surface area is 173 Å². The summed E-state index contributed by atoms with van der Waals surface area (Å²) in [7, 11) is 0. The van der Waals surface area contributed by atoms with Gasteiger partial charge in [-0.15, -0.1) is 0 Å². The molecule has 1 aromatic carbocycles. The van der Waals surface area contributed by atoms with Crippen LogP contribution in [0.15, 0.2) is 42.6 Å². The van der Waals surface area contributed by atoms with E-state index in [1.165, 1.54) is 0 Å². The molecule has 3 amide bonds. The molecule has 2 atom stereocenters. The minimum absolute atomic E-state index is 0.338. The molecule has 1 aliphatic heterocycles. The molecule has 2 aromatic rings. The van der Waals surface area contributed by atoms with Gasteiger partial charge in [-0.1, -0.05) is 30.4 Å². The number of nitrogens with zero attached hydrogens (tertiary/aromatic N) is 1. The number of benzene rings is 1. The first-order valence-electron chi connectivity index (χ1n) is 10.0. The molecule has 4 rings (SSSR count). The van der Waals surface area contributed by atoms with E-state index >= 15 is 0 Å². The van der Waals surface area contributed by atoms with E-state index in [9.17, 15) is 19.2 Å². The van der Waals surface area contributed by atoms with Gasteiger partial charge in [0, 0.05) is 23.6 Å². The molecule has 1 saturated heterocycles. The predicted molar refractivity (Wildman–Crippen MR) is 108 cm³/mol. The zero-order valence-corrected chi connectivity index (χ0v) is 16.4. The molecule has 8 nitrogen and oxygen atoms in total. The highest BCUT2D eigenvalue weighted by Gasteiger charge is 2.47. The van der Waals surface area contributed by atoms with E-state index in [4.69, 9.17) is 4.74 Å². The first-order chi connectivity index (χ1) is 14.5. The van der Waals surface area contributed by atoms with Crippen molar-refractivity contribution in [2.45, 2.75) is 19.3 Å². The molecule has 1 aliphatic carbocycles. The highest BCUT2D eigenvalue weighted by Crippen LogP contribution is 2.34. The van der Waals surface area contributed by atoms with Crippen LogP contribution in [0.5, 0.6) is 0 Å². The van der Waals surface area contributed by atoms with E-state index in [0.717, 1.165) is 21.4 Å². The number of carbonyl (C=O) groups is 4. The Morgan fingerprint density at radius 3 is 2.53 bits per heavy atom. The molecule has 1 aromatic heterocycles. The average molecular weight is 409 g/mol.